The molecule has 0 saturated heterocycles. The summed E-state index contributed by atoms with van der Waals surface area (Å²) in [5.74, 6) is 1.21. The molecule has 0 N–H and O–H groups in total. The molecule has 5 rings (SSSR count). The molecule has 0 spiro atoms. The molecule has 0 amide bonds. The number of benzene rings is 3. The first kappa shape index (κ1) is 28.2. The van der Waals surface area contributed by atoms with Gasteiger partial charge in [0.05, 0.1) is 16.3 Å². The minimum Gasteiger partial charge on any atom is -0.440 e. The Morgan fingerprint density at radius 2 is 1.61 bits per heavy atom. The molecule has 2 heterocycles. The van der Waals surface area contributed by atoms with Gasteiger partial charge in [-0.15, -0.1) is 13.2 Å². The highest BCUT2D eigenvalue weighted by atomic mass is 32.2. The van der Waals surface area contributed by atoms with Crippen LogP contribution >= 0.6 is 0 Å². The van der Waals surface area contributed by atoms with E-state index >= 15 is 0 Å². The normalized spacial score (nSPS) is 12.1. The number of sulfone groups is 1. The fraction of sp³-hybridized carbons (Fsp3) is 0.200. The highest BCUT2D eigenvalue weighted by molar-refractivity contribution is 7.90. The van der Waals surface area contributed by atoms with E-state index < -0.39 is 16.2 Å². The van der Waals surface area contributed by atoms with Crippen molar-refractivity contribution in [1.82, 2.24) is 14.5 Å². The lowest BCUT2D eigenvalue weighted by Crippen LogP contribution is -2.16. The van der Waals surface area contributed by atoms with Crippen LogP contribution in [-0.2, 0) is 16.3 Å². The van der Waals surface area contributed by atoms with Gasteiger partial charge in [-0.25, -0.2) is 18.4 Å². The van der Waals surface area contributed by atoms with Crippen molar-refractivity contribution in [3.8, 4) is 45.1 Å². The standard InChI is InChI=1S/C30H26F3N3O4S/c1-5-27-35-28(29(39-27)20-9-12-23(13-10-20)40-30(31,32)33)25-16-22(21-7-6-8-24(15-21)41(4,37)38)11-14-26(25)36-17-18(2)34-19(36)3/h6-17H,5H2,1-4H3. The second kappa shape index (κ2) is 10.5. The summed E-state index contributed by atoms with van der Waals surface area (Å²) in [4.78, 5) is 9.49. The van der Waals surface area contributed by atoms with Crippen LogP contribution < -0.4 is 4.74 Å². The van der Waals surface area contributed by atoms with Crippen LogP contribution in [0.1, 0.15) is 24.3 Å². The first-order valence-electron chi connectivity index (χ1n) is 12.7. The van der Waals surface area contributed by atoms with E-state index in [-0.39, 0.29) is 10.6 Å². The number of ether oxygens (including phenoxy) is 1. The fourth-order valence-corrected chi connectivity index (χ4v) is 5.25. The maximum absolute atomic E-state index is 12.7. The molecule has 212 valence electrons. The van der Waals surface area contributed by atoms with E-state index in [1.165, 1.54) is 24.3 Å². The Bertz CT molecular complexity index is 1840. The van der Waals surface area contributed by atoms with Crippen molar-refractivity contribution in [2.24, 2.45) is 0 Å². The number of nitrogens with zero attached hydrogens (tertiary/aromatic N) is 3. The molecule has 0 unspecified atom stereocenters. The molecule has 0 aliphatic heterocycles. The van der Waals surface area contributed by atoms with E-state index in [9.17, 15) is 21.6 Å². The summed E-state index contributed by atoms with van der Waals surface area (Å²) >= 11 is 0. The Hall–Kier alpha value is -4.38. The molecule has 0 bridgehead atoms. The van der Waals surface area contributed by atoms with Gasteiger partial charge in [0.1, 0.15) is 17.3 Å². The molecule has 2 aromatic heterocycles. The number of aromatic nitrogens is 3. The molecule has 0 saturated carbocycles. The van der Waals surface area contributed by atoms with E-state index in [1.54, 1.807) is 18.2 Å². The number of hydrogen-bond acceptors (Lipinski definition) is 6. The number of rotatable bonds is 7. The first-order chi connectivity index (χ1) is 19.3. The number of aryl methyl sites for hydroxylation is 3. The number of alkyl halides is 3. The van der Waals surface area contributed by atoms with Crippen molar-refractivity contribution >= 4 is 9.84 Å². The molecular weight excluding hydrogens is 555 g/mol. The molecule has 3 aromatic carbocycles. The van der Waals surface area contributed by atoms with Crippen LogP contribution in [-0.4, -0.2) is 35.6 Å². The summed E-state index contributed by atoms with van der Waals surface area (Å²) in [6.07, 6.45) is -1.28. The Morgan fingerprint density at radius 1 is 0.927 bits per heavy atom. The Balaban J connectivity index is 1.71. The predicted molar refractivity (Wildman–Crippen MR) is 149 cm³/mol. The lowest BCUT2D eigenvalue weighted by molar-refractivity contribution is -0.274. The van der Waals surface area contributed by atoms with E-state index in [4.69, 9.17) is 9.40 Å². The SMILES string of the molecule is CCc1nc(-c2cc(-c3cccc(S(C)(=O)=O)c3)ccc2-n2cc(C)nc2C)c(-c2ccc(OC(F)(F)F)cc2)o1. The largest absolute Gasteiger partial charge is 0.573 e. The van der Waals surface area contributed by atoms with E-state index in [1.807, 2.05) is 55.8 Å². The summed E-state index contributed by atoms with van der Waals surface area (Å²) in [5, 5.41) is 0. The van der Waals surface area contributed by atoms with Gasteiger partial charge in [0.15, 0.2) is 21.5 Å². The monoisotopic (exact) mass is 581 g/mol. The van der Waals surface area contributed by atoms with Crippen molar-refractivity contribution in [3.05, 3.63) is 90.3 Å². The van der Waals surface area contributed by atoms with Crippen LogP contribution in [0.5, 0.6) is 5.75 Å². The van der Waals surface area contributed by atoms with E-state index in [0.29, 0.717) is 40.5 Å². The smallest absolute Gasteiger partial charge is 0.440 e. The third-order valence-electron chi connectivity index (χ3n) is 6.43. The molecule has 0 aliphatic rings. The Kier molecular flexibility index (Phi) is 7.24. The summed E-state index contributed by atoms with van der Waals surface area (Å²) in [6, 6.07) is 17.7. The zero-order valence-corrected chi connectivity index (χ0v) is 23.5. The first-order valence-corrected chi connectivity index (χ1v) is 14.6. The molecular formula is C30H26F3N3O4S. The van der Waals surface area contributed by atoms with Crippen molar-refractivity contribution in [3.63, 3.8) is 0 Å². The maximum atomic E-state index is 12.7. The van der Waals surface area contributed by atoms with Crippen LogP contribution in [0.4, 0.5) is 13.2 Å². The van der Waals surface area contributed by atoms with Crippen molar-refractivity contribution in [2.45, 2.75) is 38.4 Å². The van der Waals surface area contributed by atoms with Gasteiger partial charge in [0.2, 0.25) is 0 Å². The number of hydrogen-bond donors (Lipinski definition) is 0. The second-order valence-corrected chi connectivity index (χ2v) is 11.6. The number of oxazole rings is 1. The zero-order chi connectivity index (χ0) is 29.5. The van der Waals surface area contributed by atoms with Crippen molar-refractivity contribution in [1.29, 1.82) is 0 Å². The second-order valence-electron chi connectivity index (χ2n) is 9.54. The fourth-order valence-electron chi connectivity index (χ4n) is 4.59. The van der Waals surface area contributed by atoms with E-state index in [0.717, 1.165) is 29.0 Å². The van der Waals surface area contributed by atoms with Crippen LogP contribution in [0, 0.1) is 13.8 Å². The third kappa shape index (κ3) is 6.04. The zero-order valence-electron chi connectivity index (χ0n) is 22.7. The number of imidazole rings is 1. The van der Waals surface area contributed by atoms with Gasteiger partial charge < -0.3 is 13.7 Å². The van der Waals surface area contributed by atoms with Gasteiger partial charge in [-0.05, 0) is 73.5 Å². The van der Waals surface area contributed by atoms with Crippen LogP contribution in [0.3, 0.4) is 0 Å². The molecule has 7 nitrogen and oxygen atoms in total. The van der Waals surface area contributed by atoms with Crippen LogP contribution in [0.25, 0.3) is 39.4 Å². The predicted octanol–water partition coefficient (Wildman–Crippen LogP) is 7.34. The van der Waals surface area contributed by atoms with Gasteiger partial charge in [0, 0.05) is 30.0 Å². The van der Waals surface area contributed by atoms with Crippen LogP contribution in [0.15, 0.2) is 82.2 Å². The minimum absolute atomic E-state index is 0.193. The summed E-state index contributed by atoms with van der Waals surface area (Å²) < 4.78 is 74.6. The highest BCUT2D eigenvalue weighted by Crippen LogP contribution is 2.39. The molecule has 5 aromatic rings. The Morgan fingerprint density at radius 3 is 2.22 bits per heavy atom. The van der Waals surface area contributed by atoms with Crippen molar-refractivity contribution < 1.29 is 30.7 Å². The van der Waals surface area contributed by atoms with Crippen molar-refractivity contribution in [2.75, 3.05) is 6.26 Å². The average Bonchev–Trinajstić information content (AvgIpc) is 3.50. The number of halogens is 3. The average molecular weight is 582 g/mol. The maximum Gasteiger partial charge on any atom is 0.573 e. The lowest BCUT2D eigenvalue weighted by Gasteiger charge is -2.14. The molecule has 0 fully saturated rings. The lowest BCUT2D eigenvalue weighted by atomic mass is 9.98. The summed E-state index contributed by atoms with van der Waals surface area (Å²) in [7, 11) is -3.43. The van der Waals surface area contributed by atoms with E-state index in [2.05, 4.69) is 9.72 Å². The van der Waals surface area contributed by atoms with Gasteiger partial charge in [-0.2, -0.15) is 0 Å². The van der Waals surface area contributed by atoms with Crippen LogP contribution in [0.2, 0.25) is 0 Å². The molecule has 0 atom stereocenters. The topological polar surface area (TPSA) is 87.2 Å². The van der Waals surface area contributed by atoms with Gasteiger partial charge in [0.25, 0.3) is 0 Å². The summed E-state index contributed by atoms with van der Waals surface area (Å²) in [6.45, 7) is 5.65. The third-order valence-corrected chi connectivity index (χ3v) is 7.54. The molecule has 0 aliphatic carbocycles. The molecule has 11 heteroatoms. The van der Waals surface area contributed by atoms with Gasteiger partial charge >= 0.3 is 6.36 Å². The quantitative estimate of drug-likeness (QED) is 0.200. The van der Waals surface area contributed by atoms with Gasteiger partial charge in [-0.1, -0.05) is 25.1 Å². The molecule has 0 radical (unpaired) electrons. The van der Waals surface area contributed by atoms with Gasteiger partial charge in [-0.3, -0.25) is 0 Å². The summed E-state index contributed by atoms with van der Waals surface area (Å²) in [5.41, 5.74) is 4.65. The highest BCUT2D eigenvalue weighted by Gasteiger charge is 2.31. The molecule has 41 heavy (non-hydrogen) atoms. The Labute approximate surface area is 235 Å². The minimum atomic E-state index is -4.81.